The Labute approximate surface area is 155 Å². The summed E-state index contributed by atoms with van der Waals surface area (Å²) >= 11 is 5.68. The average Bonchev–Trinajstić information content (AvgIpc) is 2.77. The van der Waals surface area contributed by atoms with Gasteiger partial charge in [0.25, 0.3) is 15.9 Å². The Morgan fingerprint density at radius 2 is 1.93 bits per heavy atom. The van der Waals surface area contributed by atoms with Crippen molar-refractivity contribution < 1.29 is 31.2 Å². The molecule has 2 heterocycles. The van der Waals surface area contributed by atoms with Gasteiger partial charge < -0.3 is 5.32 Å². The predicted octanol–water partition coefficient (Wildman–Crippen LogP) is 2.54. The van der Waals surface area contributed by atoms with Gasteiger partial charge in [0, 0.05) is 6.20 Å². The maximum absolute atomic E-state index is 12.6. The van der Waals surface area contributed by atoms with Crippen LogP contribution in [-0.2, 0) is 21.0 Å². The summed E-state index contributed by atoms with van der Waals surface area (Å²) in [7, 11) is -4.20. The maximum Gasteiger partial charge on any atom is 0.417 e. The lowest BCUT2D eigenvalue weighted by molar-refractivity contribution is -0.137. The highest BCUT2D eigenvalue weighted by Crippen LogP contribution is 2.33. The first-order chi connectivity index (χ1) is 12.5. The van der Waals surface area contributed by atoms with Crippen LogP contribution in [0, 0.1) is 0 Å². The van der Waals surface area contributed by atoms with Crippen molar-refractivity contribution in [1.29, 1.82) is 0 Å². The Morgan fingerprint density at radius 3 is 2.52 bits per heavy atom. The van der Waals surface area contributed by atoms with Crippen molar-refractivity contribution in [2.75, 3.05) is 11.9 Å². The highest BCUT2D eigenvalue weighted by molar-refractivity contribution is 7.90. The molecule has 12 heteroatoms. The third-order valence-corrected chi connectivity index (χ3v) is 5.70. The van der Waals surface area contributed by atoms with Crippen molar-refractivity contribution in [3.05, 3.63) is 52.7 Å². The fourth-order valence-electron chi connectivity index (χ4n) is 2.37. The third-order valence-electron chi connectivity index (χ3n) is 3.63. The average molecular weight is 420 g/mol. The monoisotopic (exact) mass is 419 g/mol. The maximum atomic E-state index is 12.6. The topological polar surface area (TPSA) is 96.4 Å². The van der Waals surface area contributed by atoms with Crippen LogP contribution in [0.5, 0.6) is 0 Å². The molecule has 3 rings (SSSR count). The minimum Gasteiger partial charge on any atom is -0.308 e. The number of benzene rings is 1. The van der Waals surface area contributed by atoms with Crippen LogP contribution in [0.1, 0.15) is 15.9 Å². The Hall–Kier alpha value is -2.66. The van der Waals surface area contributed by atoms with Crippen molar-refractivity contribution in [2.45, 2.75) is 11.1 Å². The van der Waals surface area contributed by atoms with Gasteiger partial charge in [-0.2, -0.15) is 13.2 Å². The molecule has 0 bridgehead atoms. The molecule has 27 heavy (non-hydrogen) atoms. The van der Waals surface area contributed by atoms with Gasteiger partial charge in [-0.1, -0.05) is 23.7 Å². The van der Waals surface area contributed by atoms with Crippen LogP contribution in [0.4, 0.5) is 19.0 Å². The first kappa shape index (κ1) is 19.1. The molecular formula is C15H9ClF3N3O4S. The van der Waals surface area contributed by atoms with Crippen molar-refractivity contribution >= 4 is 39.3 Å². The van der Waals surface area contributed by atoms with Crippen molar-refractivity contribution in [1.82, 2.24) is 9.29 Å². The van der Waals surface area contributed by atoms with Gasteiger partial charge in [-0.3, -0.25) is 9.59 Å². The van der Waals surface area contributed by atoms with Crippen LogP contribution < -0.4 is 5.32 Å². The van der Waals surface area contributed by atoms with Crippen LogP contribution >= 0.6 is 11.6 Å². The van der Waals surface area contributed by atoms with Gasteiger partial charge in [-0.15, -0.1) is 0 Å². The van der Waals surface area contributed by atoms with Gasteiger partial charge in [0.05, 0.1) is 16.1 Å². The standard InChI is InChI=1S/C15H9ClF3N3O4S/c16-10-5-8(15(17,18)19)6-20-13(10)21-12(23)7-22-14(24)9-3-1-2-4-11(9)27(22,25)26/h1-6H,7H2,(H,20,21,23). The van der Waals surface area contributed by atoms with E-state index in [-0.39, 0.29) is 10.5 Å². The lowest BCUT2D eigenvalue weighted by Gasteiger charge is -2.15. The number of sulfonamides is 1. The molecule has 2 aromatic rings. The van der Waals surface area contributed by atoms with Crippen molar-refractivity contribution in [3.63, 3.8) is 0 Å². The van der Waals surface area contributed by atoms with E-state index in [0.717, 1.165) is 0 Å². The number of fused-ring (bicyclic) bond motifs is 1. The van der Waals surface area contributed by atoms with Crippen molar-refractivity contribution in [2.24, 2.45) is 0 Å². The van der Waals surface area contributed by atoms with E-state index < -0.39 is 51.0 Å². The molecule has 142 valence electrons. The van der Waals surface area contributed by atoms with E-state index in [0.29, 0.717) is 16.6 Å². The number of hydrogen-bond donors (Lipinski definition) is 1. The minimum atomic E-state index is -4.67. The molecule has 0 atom stereocenters. The molecule has 2 amide bonds. The molecule has 0 fully saturated rings. The van der Waals surface area contributed by atoms with Crippen LogP contribution in [0.25, 0.3) is 0 Å². The Kier molecular flexibility index (Phi) is 4.60. The molecular weight excluding hydrogens is 411 g/mol. The SMILES string of the molecule is O=C(CN1C(=O)c2ccccc2S1(=O)=O)Nc1ncc(C(F)(F)F)cc1Cl. The number of nitrogens with one attached hydrogen (secondary N) is 1. The molecule has 0 unspecified atom stereocenters. The van der Waals surface area contributed by atoms with E-state index >= 15 is 0 Å². The van der Waals surface area contributed by atoms with Crippen molar-refractivity contribution in [3.8, 4) is 0 Å². The number of pyridine rings is 1. The lowest BCUT2D eigenvalue weighted by atomic mass is 10.2. The number of carbonyl (C=O) groups is 2. The number of amides is 2. The Bertz CT molecular complexity index is 1060. The first-order valence-corrected chi connectivity index (χ1v) is 9.02. The van der Waals surface area contributed by atoms with Gasteiger partial charge >= 0.3 is 6.18 Å². The van der Waals surface area contributed by atoms with Gasteiger partial charge in [-0.25, -0.2) is 17.7 Å². The van der Waals surface area contributed by atoms with E-state index in [4.69, 9.17) is 11.6 Å². The Morgan fingerprint density at radius 1 is 1.26 bits per heavy atom. The summed E-state index contributed by atoms with van der Waals surface area (Å²) in [5.74, 6) is -2.27. The van der Waals surface area contributed by atoms with E-state index in [1.54, 1.807) is 0 Å². The molecule has 7 nitrogen and oxygen atoms in total. The normalized spacial score (nSPS) is 15.6. The molecule has 0 saturated carbocycles. The molecule has 1 aliphatic rings. The minimum absolute atomic E-state index is 0.0732. The quantitative estimate of drug-likeness (QED) is 0.824. The molecule has 1 aromatic carbocycles. The van der Waals surface area contributed by atoms with Gasteiger partial charge in [0.15, 0.2) is 5.82 Å². The second-order valence-electron chi connectivity index (χ2n) is 5.41. The smallest absolute Gasteiger partial charge is 0.308 e. The summed E-state index contributed by atoms with van der Waals surface area (Å²) in [5.41, 5.74) is -1.19. The number of hydrogen-bond acceptors (Lipinski definition) is 5. The Balaban J connectivity index is 1.79. The molecule has 0 saturated heterocycles. The second kappa shape index (κ2) is 6.50. The zero-order valence-corrected chi connectivity index (χ0v) is 14.7. The molecule has 0 spiro atoms. The number of carbonyl (C=O) groups excluding carboxylic acids is 2. The number of halogens is 4. The fraction of sp³-hybridized carbons (Fsp3) is 0.133. The highest BCUT2D eigenvalue weighted by Gasteiger charge is 2.42. The van der Waals surface area contributed by atoms with E-state index in [9.17, 15) is 31.2 Å². The van der Waals surface area contributed by atoms with E-state index in [2.05, 4.69) is 10.3 Å². The molecule has 0 radical (unpaired) electrons. The zero-order chi connectivity index (χ0) is 20.0. The molecule has 1 N–H and O–H groups in total. The molecule has 0 aliphatic carbocycles. The highest BCUT2D eigenvalue weighted by atomic mass is 35.5. The first-order valence-electron chi connectivity index (χ1n) is 7.20. The second-order valence-corrected chi connectivity index (χ2v) is 7.65. The summed E-state index contributed by atoms with van der Waals surface area (Å²) < 4.78 is 62.9. The summed E-state index contributed by atoms with van der Waals surface area (Å²) in [4.78, 5) is 27.5. The number of rotatable bonds is 3. The fourth-order valence-corrected chi connectivity index (χ4v) is 4.11. The van der Waals surface area contributed by atoms with E-state index in [1.165, 1.54) is 24.3 Å². The number of aromatic nitrogens is 1. The third kappa shape index (κ3) is 3.47. The van der Waals surface area contributed by atoms with Crippen LogP contribution in [0.3, 0.4) is 0 Å². The number of anilines is 1. The van der Waals surface area contributed by atoms with Crippen LogP contribution in [0.15, 0.2) is 41.4 Å². The number of alkyl halides is 3. The largest absolute Gasteiger partial charge is 0.417 e. The summed E-state index contributed by atoms with van der Waals surface area (Å²) in [6.45, 7) is -0.880. The zero-order valence-electron chi connectivity index (χ0n) is 13.1. The summed E-state index contributed by atoms with van der Waals surface area (Å²) in [6.07, 6.45) is -4.20. The molecule has 1 aliphatic heterocycles. The van der Waals surface area contributed by atoms with Gasteiger partial charge in [0.1, 0.15) is 11.4 Å². The molecule has 1 aromatic heterocycles. The predicted molar refractivity (Wildman–Crippen MR) is 87.5 cm³/mol. The lowest BCUT2D eigenvalue weighted by Crippen LogP contribution is -2.37. The van der Waals surface area contributed by atoms with Crippen LogP contribution in [0.2, 0.25) is 5.02 Å². The van der Waals surface area contributed by atoms with E-state index in [1.807, 2.05) is 0 Å². The van der Waals surface area contributed by atoms with Gasteiger partial charge in [-0.05, 0) is 18.2 Å². The van der Waals surface area contributed by atoms with Gasteiger partial charge in [0.2, 0.25) is 5.91 Å². The summed E-state index contributed by atoms with van der Waals surface area (Å²) in [5, 5.41) is 1.60. The number of nitrogens with zero attached hydrogens (tertiary/aromatic N) is 2. The van der Waals surface area contributed by atoms with Crippen LogP contribution in [-0.4, -0.2) is 36.1 Å². The summed E-state index contributed by atoms with van der Waals surface area (Å²) in [6, 6.07) is 6.01.